The lowest BCUT2D eigenvalue weighted by atomic mass is 10.00. The number of nitrogens with zero attached hydrogens (tertiary/aromatic N) is 1. The first-order valence-corrected chi connectivity index (χ1v) is 7.29. The molecule has 4 rings (SSSR count). The minimum atomic E-state index is -1.02. The van der Waals surface area contributed by atoms with Crippen molar-refractivity contribution < 1.29 is 14.3 Å². The second kappa shape index (κ2) is 4.44. The highest BCUT2D eigenvalue weighted by molar-refractivity contribution is 6.13. The Bertz CT molecular complexity index is 771. The summed E-state index contributed by atoms with van der Waals surface area (Å²) >= 11 is 0. The zero-order valence-electron chi connectivity index (χ0n) is 12.2. The van der Waals surface area contributed by atoms with Gasteiger partial charge in [0.1, 0.15) is 5.75 Å². The molecule has 0 spiro atoms. The molecule has 22 heavy (non-hydrogen) atoms. The molecule has 0 aromatic heterocycles. The number of carbonyl (C=O) groups excluding carboxylic acids is 2. The summed E-state index contributed by atoms with van der Waals surface area (Å²) in [6, 6.07) is 16.5. The van der Waals surface area contributed by atoms with E-state index in [1.165, 1.54) is 0 Å². The van der Waals surface area contributed by atoms with Crippen molar-refractivity contribution in [1.29, 1.82) is 0 Å². The van der Waals surface area contributed by atoms with E-state index in [9.17, 15) is 9.59 Å². The second-order valence-electron chi connectivity index (χ2n) is 5.81. The third-order valence-corrected chi connectivity index (χ3v) is 4.48. The fraction of sp³-hybridized carbons (Fsp3) is 0.222. The number of Topliss-reactive ketones (excluding diaryl/α,β-unsaturated/α-hetero) is 1. The van der Waals surface area contributed by atoms with Gasteiger partial charge in [-0.25, -0.2) is 0 Å². The average molecular weight is 293 g/mol. The first-order valence-electron chi connectivity index (χ1n) is 7.29. The van der Waals surface area contributed by atoms with E-state index in [2.05, 4.69) is 0 Å². The minimum Gasteiger partial charge on any atom is -0.476 e. The summed E-state index contributed by atoms with van der Waals surface area (Å²) in [5.41, 5.74) is 0.356. The Hall–Kier alpha value is -2.62. The number of anilines is 1. The molecule has 1 saturated carbocycles. The van der Waals surface area contributed by atoms with Crippen molar-refractivity contribution in [2.75, 3.05) is 11.9 Å². The van der Waals surface area contributed by atoms with E-state index >= 15 is 0 Å². The molecule has 110 valence electrons. The molecule has 2 aliphatic rings. The summed E-state index contributed by atoms with van der Waals surface area (Å²) in [6.07, 6.45) is 0.455. The van der Waals surface area contributed by atoms with Crippen molar-refractivity contribution >= 4 is 17.4 Å². The maximum atomic E-state index is 12.9. The van der Waals surface area contributed by atoms with Crippen molar-refractivity contribution in [2.24, 2.45) is 5.92 Å². The number of hydrogen-bond acceptors (Lipinski definition) is 3. The van der Waals surface area contributed by atoms with Gasteiger partial charge in [0.2, 0.25) is 0 Å². The van der Waals surface area contributed by atoms with Crippen LogP contribution in [0.4, 0.5) is 5.69 Å². The molecular weight excluding hydrogens is 278 g/mol. The van der Waals surface area contributed by atoms with Gasteiger partial charge >= 0.3 is 0 Å². The van der Waals surface area contributed by atoms with Gasteiger partial charge in [0.15, 0.2) is 11.4 Å². The Morgan fingerprint density at radius 1 is 1.14 bits per heavy atom. The van der Waals surface area contributed by atoms with Gasteiger partial charge in [-0.3, -0.25) is 9.59 Å². The number of amides is 1. The SMILES string of the molecule is CN(C(=O)C12CC1C(=O)c1ccccc1O2)c1ccccc1. The van der Waals surface area contributed by atoms with Crippen molar-refractivity contribution in [1.82, 2.24) is 0 Å². The topological polar surface area (TPSA) is 46.6 Å². The van der Waals surface area contributed by atoms with Gasteiger partial charge in [-0.15, -0.1) is 0 Å². The zero-order valence-corrected chi connectivity index (χ0v) is 12.2. The van der Waals surface area contributed by atoms with E-state index < -0.39 is 5.60 Å². The molecular formula is C18H15NO3. The molecule has 2 aromatic rings. The summed E-state index contributed by atoms with van der Waals surface area (Å²) in [5.74, 6) is 0.000314. The summed E-state index contributed by atoms with van der Waals surface area (Å²) in [6.45, 7) is 0. The Balaban J connectivity index is 1.67. The van der Waals surface area contributed by atoms with Gasteiger partial charge in [0.05, 0.1) is 11.5 Å². The standard InChI is InChI=1S/C18H15NO3/c1-19(12-7-3-2-4-8-12)17(21)18-11-14(18)16(20)13-9-5-6-10-15(13)22-18/h2-10,14H,11H2,1H3. The summed E-state index contributed by atoms with van der Waals surface area (Å²) < 4.78 is 5.96. The molecule has 0 saturated heterocycles. The van der Waals surface area contributed by atoms with E-state index in [1.54, 1.807) is 24.1 Å². The van der Waals surface area contributed by atoms with E-state index in [4.69, 9.17) is 4.74 Å². The third kappa shape index (κ3) is 1.70. The Morgan fingerprint density at radius 2 is 1.82 bits per heavy atom. The summed E-state index contributed by atoms with van der Waals surface area (Å²) in [7, 11) is 1.72. The molecule has 0 N–H and O–H groups in total. The monoisotopic (exact) mass is 293 g/mol. The maximum Gasteiger partial charge on any atom is 0.271 e. The van der Waals surface area contributed by atoms with Gasteiger partial charge in [-0.05, 0) is 24.3 Å². The fourth-order valence-electron chi connectivity index (χ4n) is 3.14. The fourth-order valence-corrected chi connectivity index (χ4v) is 3.14. The highest BCUT2D eigenvalue weighted by atomic mass is 16.5. The molecule has 4 heteroatoms. The second-order valence-corrected chi connectivity index (χ2v) is 5.81. The molecule has 2 atom stereocenters. The Morgan fingerprint density at radius 3 is 2.59 bits per heavy atom. The highest BCUT2D eigenvalue weighted by Gasteiger charge is 2.69. The van der Waals surface area contributed by atoms with E-state index in [1.807, 2.05) is 42.5 Å². The Labute approximate surface area is 128 Å². The molecule has 0 bridgehead atoms. The van der Waals surface area contributed by atoms with Crippen LogP contribution in [0.1, 0.15) is 16.8 Å². The van der Waals surface area contributed by atoms with Crippen LogP contribution in [0.3, 0.4) is 0 Å². The smallest absolute Gasteiger partial charge is 0.271 e. The van der Waals surface area contributed by atoms with Crippen LogP contribution in [0.15, 0.2) is 54.6 Å². The quantitative estimate of drug-likeness (QED) is 0.855. The predicted octanol–water partition coefficient (Wildman–Crippen LogP) is 2.68. The van der Waals surface area contributed by atoms with Crippen molar-refractivity contribution in [3.8, 4) is 5.75 Å². The van der Waals surface area contributed by atoms with E-state index in [-0.39, 0.29) is 17.6 Å². The number of ketones is 1. The number of fused-ring (bicyclic) bond motifs is 2. The van der Waals surface area contributed by atoms with Gasteiger partial charge in [0.25, 0.3) is 5.91 Å². The zero-order chi connectivity index (χ0) is 15.3. The van der Waals surface area contributed by atoms with Crippen LogP contribution in [0.5, 0.6) is 5.75 Å². The predicted molar refractivity (Wildman–Crippen MR) is 82.1 cm³/mol. The lowest BCUT2D eigenvalue weighted by Gasteiger charge is -2.28. The first kappa shape index (κ1) is 13.1. The van der Waals surface area contributed by atoms with Crippen molar-refractivity contribution in [3.05, 3.63) is 60.2 Å². The van der Waals surface area contributed by atoms with Crippen LogP contribution in [-0.2, 0) is 4.79 Å². The third-order valence-electron chi connectivity index (χ3n) is 4.48. The molecule has 2 unspecified atom stereocenters. The number of rotatable bonds is 2. The number of para-hydroxylation sites is 2. The molecule has 4 nitrogen and oxygen atoms in total. The van der Waals surface area contributed by atoms with E-state index in [0.29, 0.717) is 17.7 Å². The van der Waals surface area contributed by atoms with E-state index in [0.717, 1.165) is 5.69 Å². The minimum absolute atomic E-state index is 0.0108. The van der Waals surface area contributed by atoms with Crippen LogP contribution in [0.25, 0.3) is 0 Å². The van der Waals surface area contributed by atoms with Crippen LogP contribution < -0.4 is 9.64 Å². The average Bonchev–Trinajstić information content (AvgIpc) is 3.31. The number of benzene rings is 2. The van der Waals surface area contributed by atoms with Crippen LogP contribution in [-0.4, -0.2) is 24.3 Å². The van der Waals surface area contributed by atoms with Crippen molar-refractivity contribution in [3.63, 3.8) is 0 Å². The van der Waals surface area contributed by atoms with Crippen LogP contribution in [0, 0.1) is 5.92 Å². The first-order chi connectivity index (χ1) is 10.6. The van der Waals surface area contributed by atoms with Gasteiger partial charge in [0, 0.05) is 19.2 Å². The Kier molecular flexibility index (Phi) is 2.64. The highest BCUT2D eigenvalue weighted by Crippen LogP contribution is 2.54. The van der Waals surface area contributed by atoms with Gasteiger partial charge < -0.3 is 9.64 Å². The number of carbonyl (C=O) groups is 2. The van der Waals surface area contributed by atoms with Crippen LogP contribution >= 0.6 is 0 Å². The molecule has 0 radical (unpaired) electrons. The lowest BCUT2D eigenvalue weighted by molar-refractivity contribution is -0.127. The molecule has 2 aromatic carbocycles. The molecule has 1 amide bonds. The molecule has 1 aliphatic carbocycles. The number of hydrogen-bond donors (Lipinski definition) is 0. The van der Waals surface area contributed by atoms with Crippen LogP contribution in [0.2, 0.25) is 0 Å². The summed E-state index contributed by atoms with van der Waals surface area (Å²) in [4.78, 5) is 26.9. The molecule has 1 aliphatic heterocycles. The van der Waals surface area contributed by atoms with Gasteiger partial charge in [-0.2, -0.15) is 0 Å². The van der Waals surface area contributed by atoms with Crippen molar-refractivity contribution in [2.45, 2.75) is 12.0 Å². The van der Waals surface area contributed by atoms with Gasteiger partial charge in [-0.1, -0.05) is 30.3 Å². The molecule has 1 fully saturated rings. The number of likely N-dealkylation sites (N-methyl/N-ethyl adjacent to an activating group) is 1. The largest absolute Gasteiger partial charge is 0.476 e. The lowest BCUT2D eigenvalue weighted by Crippen LogP contribution is -2.46. The molecule has 1 heterocycles. The maximum absolute atomic E-state index is 12.9. The normalized spacial score (nSPS) is 24.8. The number of ether oxygens (including phenoxy) is 1. The summed E-state index contributed by atoms with van der Waals surface area (Å²) in [5, 5.41) is 0.